The first-order chi connectivity index (χ1) is 8.99. The summed E-state index contributed by atoms with van der Waals surface area (Å²) in [4.78, 5) is 0.112. The Bertz CT molecular complexity index is 712. The van der Waals surface area contributed by atoms with Crippen molar-refractivity contribution >= 4 is 32.2 Å². The van der Waals surface area contributed by atoms with Gasteiger partial charge in [0.2, 0.25) is 0 Å². The zero-order chi connectivity index (χ0) is 13.9. The molecule has 0 saturated carbocycles. The van der Waals surface area contributed by atoms with Gasteiger partial charge in [-0.15, -0.1) is 0 Å². The van der Waals surface area contributed by atoms with Crippen LogP contribution in [0.1, 0.15) is 5.56 Å². The minimum atomic E-state index is -3.75. The number of aromatic hydroxyl groups is 1. The lowest BCUT2D eigenvalue weighted by Gasteiger charge is -2.00. The molecule has 0 atom stereocenters. The molecule has 2 aromatic carbocycles. The second-order valence-corrected chi connectivity index (χ2v) is 6.27. The van der Waals surface area contributed by atoms with E-state index in [2.05, 4.69) is 20.3 Å². The number of benzene rings is 2. The summed E-state index contributed by atoms with van der Waals surface area (Å²) in [5, 5.41) is 9.60. The van der Waals surface area contributed by atoms with Crippen LogP contribution in [0.2, 0.25) is 0 Å². The minimum Gasteiger partial charge on any atom is -0.507 e. The maximum Gasteiger partial charge on any atom is 0.282 e. The van der Waals surface area contributed by atoms with Crippen LogP contribution in [0, 0.1) is 0 Å². The van der Waals surface area contributed by atoms with Crippen LogP contribution < -0.4 is 0 Å². The summed E-state index contributed by atoms with van der Waals surface area (Å²) in [6.07, 6.45) is 1.13. The van der Waals surface area contributed by atoms with Crippen molar-refractivity contribution in [2.24, 2.45) is 4.40 Å². The smallest absolute Gasteiger partial charge is 0.282 e. The van der Waals surface area contributed by atoms with Crippen molar-refractivity contribution in [2.75, 3.05) is 0 Å². The summed E-state index contributed by atoms with van der Waals surface area (Å²) in [6.45, 7) is 0. The Morgan fingerprint density at radius 2 is 1.79 bits per heavy atom. The molecule has 0 aliphatic heterocycles. The SMILES string of the molecule is O=S(=O)(/N=C/c1cc(Br)ccc1O)c1ccccc1. The molecule has 0 radical (unpaired) electrons. The first-order valence-electron chi connectivity index (χ1n) is 5.33. The summed E-state index contributed by atoms with van der Waals surface area (Å²) in [7, 11) is -3.75. The Morgan fingerprint density at radius 3 is 2.47 bits per heavy atom. The Labute approximate surface area is 119 Å². The number of halogens is 1. The molecule has 2 aromatic rings. The third-order valence-electron chi connectivity index (χ3n) is 2.36. The van der Waals surface area contributed by atoms with E-state index in [9.17, 15) is 13.5 Å². The van der Waals surface area contributed by atoms with Crippen LogP contribution in [-0.2, 0) is 10.0 Å². The van der Waals surface area contributed by atoms with Crippen LogP contribution in [0.4, 0.5) is 0 Å². The molecule has 0 fully saturated rings. The van der Waals surface area contributed by atoms with E-state index in [1.54, 1.807) is 30.3 Å². The molecular weight excluding hydrogens is 330 g/mol. The van der Waals surface area contributed by atoms with Gasteiger partial charge in [-0.3, -0.25) is 0 Å². The van der Waals surface area contributed by atoms with E-state index in [-0.39, 0.29) is 10.6 Å². The maximum atomic E-state index is 11.9. The lowest BCUT2D eigenvalue weighted by atomic mass is 10.2. The Morgan fingerprint density at radius 1 is 1.11 bits per heavy atom. The van der Waals surface area contributed by atoms with E-state index < -0.39 is 10.0 Å². The first-order valence-corrected chi connectivity index (χ1v) is 7.56. The average Bonchev–Trinajstić information content (AvgIpc) is 2.41. The molecule has 0 saturated heterocycles. The molecular formula is C13H10BrNO3S. The van der Waals surface area contributed by atoms with Crippen LogP contribution in [0.3, 0.4) is 0 Å². The van der Waals surface area contributed by atoms with Gasteiger partial charge < -0.3 is 5.11 Å². The second-order valence-electron chi connectivity index (χ2n) is 3.73. The zero-order valence-corrected chi connectivity index (χ0v) is 12.1. The van der Waals surface area contributed by atoms with Gasteiger partial charge in [0.25, 0.3) is 10.0 Å². The highest BCUT2D eigenvalue weighted by atomic mass is 79.9. The first kappa shape index (κ1) is 13.8. The molecule has 0 amide bonds. The fourth-order valence-electron chi connectivity index (χ4n) is 1.41. The Balaban J connectivity index is 2.35. The third-order valence-corrected chi connectivity index (χ3v) is 4.11. The number of sulfonamides is 1. The molecule has 0 aliphatic carbocycles. The van der Waals surface area contributed by atoms with Gasteiger partial charge in [-0.1, -0.05) is 34.1 Å². The molecule has 0 aromatic heterocycles. The van der Waals surface area contributed by atoms with Crippen molar-refractivity contribution in [3.05, 3.63) is 58.6 Å². The molecule has 98 valence electrons. The normalized spacial score (nSPS) is 11.8. The number of rotatable bonds is 3. The minimum absolute atomic E-state index is 0.0322. The van der Waals surface area contributed by atoms with Crippen LogP contribution in [0.25, 0.3) is 0 Å². The molecule has 0 spiro atoms. The van der Waals surface area contributed by atoms with Gasteiger partial charge in [0, 0.05) is 10.0 Å². The molecule has 4 nitrogen and oxygen atoms in total. The second kappa shape index (κ2) is 5.54. The Hall–Kier alpha value is -1.66. The van der Waals surface area contributed by atoms with E-state index >= 15 is 0 Å². The van der Waals surface area contributed by atoms with Gasteiger partial charge in [0.05, 0.1) is 11.1 Å². The lowest BCUT2D eigenvalue weighted by molar-refractivity contribution is 0.474. The predicted molar refractivity (Wildman–Crippen MR) is 77.0 cm³/mol. The molecule has 0 unspecified atom stereocenters. The highest BCUT2D eigenvalue weighted by Gasteiger charge is 2.10. The molecule has 0 heterocycles. The lowest BCUT2D eigenvalue weighted by Crippen LogP contribution is -1.97. The van der Waals surface area contributed by atoms with E-state index in [0.717, 1.165) is 10.7 Å². The predicted octanol–water partition coefficient (Wildman–Crippen LogP) is 2.96. The van der Waals surface area contributed by atoms with Gasteiger partial charge >= 0.3 is 0 Å². The number of phenols is 1. The van der Waals surface area contributed by atoms with Crippen molar-refractivity contribution in [1.82, 2.24) is 0 Å². The monoisotopic (exact) mass is 339 g/mol. The van der Waals surface area contributed by atoms with Crippen LogP contribution >= 0.6 is 15.9 Å². The van der Waals surface area contributed by atoms with E-state index in [1.165, 1.54) is 18.2 Å². The molecule has 0 aliphatic rings. The average molecular weight is 340 g/mol. The Kier molecular flexibility index (Phi) is 4.01. The third kappa shape index (κ3) is 3.42. The van der Waals surface area contributed by atoms with Gasteiger partial charge in [-0.05, 0) is 30.3 Å². The van der Waals surface area contributed by atoms with E-state index in [4.69, 9.17) is 0 Å². The number of hydrogen-bond acceptors (Lipinski definition) is 3. The van der Waals surface area contributed by atoms with Crippen LogP contribution in [0.5, 0.6) is 5.75 Å². The quantitative estimate of drug-likeness (QED) is 0.874. The highest BCUT2D eigenvalue weighted by molar-refractivity contribution is 9.10. The largest absolute Gasteiger partial charge is 0.507 e. The fourth-order valence-corrected chi connectivity index (χ4v) is 2.66. The summed E-state index contributed by atoms with van der Waals surface area (Å²) in [5.41, 5.74) is 0.328. The van der Waals surface area contributed by atoms with Crippen LogP contribution in [0.15, 0.2) is 62.3 Å². The zero-order valence-electron chi connectivity index (χ0n) is 9.69. The van der Waals surface area contributed by atoms with E-state index in [1.807, 2.05) is 0 Å². The van der Waals surface area contributed by atoms with Crippen LogP contribution in [-0.4, -0.2) is 19.7 Å². The molecule has 1 N–H and O–H groups in total. The summed E-state index contributed by atoms with van der Waals surface area (Å²) < 4.78 is 28.1. The van der Waals surface area contributed by atoms with Crippen molar-refractivity contribution in [3.8, 4) is 5.75 Å². The molecule has 0 bridgehead atoms. The summed E-state index contributed by atoms with van der Waals surface area (Å²) in [5.74, 6) is -0.0322. The summed E-state index contributed by atoms with van der Waals surface area (Å²) in [6, 6.07) is 12.6. The van der Waals surface area contributed by atoms with Crippen molar-refractivity contribution < 1.29 is 13.5 Å². The van der Waals surface area contributed by atoms with Gasteiger partial charge in [-0.25, -0.2) is 0 Å². The fraction of sp³-hybridized carbons (Fsp3) is 0. The molecule has 19 heavy (non-hydrogen) atoms. The number of phenolic OH excluding ortho intramolecular Hbond substituents is 1. The van der Waals surface area contributed by atoms with Gasteiger partial charge in [0.15, 0.2) is 0 Å². The van der Waals surface area contributed by atoms with Gasteiger partial charge in [0.1, 0.15) is 5.75 Å². The van der Waals surface area contributed by atoms with Crippen molar-refractivity contribution in [1.29, 1.82) is 0 Å². The molecule has 2 rings (SSSR count). The number of nitrogens with zero attached hydrogens (tertiary/aromatic N) is 1. The van der Waals surface area contributed by atoms with E-state index in [0.29, 0.717) is 5.56 Å². The van der Waals surface area contributed by atoms with Gasteiger partial charge in [-0.2, -0.15) is 12.8 Å². The number of hydrogen-bond donors (Lipinski definition) is 1. The topological polar surface area (TPSA) is 66.7 Å². The summed E-state index contributed by atoms with van der Waals surface area (Å²) >= 11 is 3.24. The highest BCUT2D eigenvalue weighted by Crippen LogP contribution is 2.21. The van der Waals surface area contributed by atoms with Crippen molar-refractivity contribution in [3.63, 3.8) is 0 Å². The molecule has 6 heteroatoms. The maximum absolute atomic E-state index is 11.9. The van der Waals surface area contributed by atoms with Crippen molar-refractivity contribution in [2.45, 2.75) is 4.90 Å². The standard InChI is InChI=1S/C13H10BrNO3S/c14-11-6-7-13(16)10(8-11)9-15-19(17,18)12-4-2-1-3-5-12/h1-9,16H/b15-9+.